The Kier molecular flexibility index (Phi) is 4.64. The lowest BCUT2D eigenvalue weighted by Gasteiger charge is -2.37. The van der Waals surface area contributed by atoms with E-state index >= 15 is 0 Å². The summed E-state index contributed by atoms with van der Waals surface area (Å²) in [7, 11) is 1.73. The molecular formula is C13H18F3N5O2. The van der Waals surface area contributed by atoms with Crippen LogP contribution in [-0.2, 0) is 22.3 Å². The summed E-state index contributed by atoms with van der Waals surface area (Å²) in [6.07, 6.45) is -4.55. The predicted octanol–water partition coefficient (Wildman–Crippen LogP) is -0.162. The third-order valence-corrected chi connectivity index (χ3v) is 3.89. The molecule has 23 heavy (non-hydrogen) atoms. The number of rotatable bonds is 3. The first-order chi connectivity index (χ1) is 10.6. The van der Waals surface area contributed by atoms with Crippen LogP contribution in [0, 0.1) is 6.92 Å². The van der Waals surface area contributed by atoms with Crippen molar-refractivity contribution in [1.82, 2.24) is 19.6 Å². The molecule has 10 heteroatoms. The number of hydrogen-bond donors (Lipinski definition) is 1. The Balaban J connectivity index is 2.08. The lowest BCUT2D eigenvalue weighted by molar-refractivity contribution is -0.142. The van der Waals surface area contributed by atoms with Gasteiger partial charge in [0.15, 0.2) is 5.69 Å². The number of nitrogens with two attached hydrogens (primary N) is 1. The maximum absolute atomic E-state index is 12.6. The van der Waals surface area contributed by atoms with Gasteiger partial charge in [0.25, 0.3) is 0 Å². The van der Waals surface area contributed by atoms with E-state index in [0.717, 1.165) is 10.7 Å². The number of piperazine rings is 1. The lowest BCUT2D eigenvalue weighted by atomic mass is 10.1. The number of nitrogens with zero attached hydrogens (tertiary/aromatic N) is 4. The molecule has 2 heterocycles. The van der Waals surface area contributed by atoms with Crippen LogP contribution in [0.25, 0.3) is 0 Å². The Labute approximate surface area is 130 Å². The number of primary amides is 1. The molecule has 1 aromatic heterocycles. The zero-order valence-electron chi connectivity index (χ0n) is 12.8. The summed E-state index contributed by atoms with van der Waals surface area (Å²) in [5, 5.41) is 3.43. The van der Waals surface area contributed by atoms with Crippen molar-refractivity contribution in [1.29, 1.82) is 0 Å². The number of aromatic nitrogens is 2. The fraction of sp³-hybridized carbons (Fsp3) is 0.615. The van der Waals surface area contributed by atoms with Gasteiger partial charge >= 0.3 is 6.18 Å². The monoisotopic (exact) mass is 333 g/mol. The van der Waals surface area contributed by atoms with Crippen LogP contribution >= 0.6 is 0 Å². The molecule has 128 valence electrons. The molecule has 0 radical (unpaired) electrons. The molecule has 1 fully saturated rings. The highest BCUT2D eigenvalue weighted by Crippen LogP contribution is 2.28. The van der Waals surface area contributed by atoms with Gasteiger partial charge in [0.05, 0.1) is 0 Å². The summed E-state index contributed by atoms with van der Waals surface area (Å²) >= 11 is 0. The van der Waals surface area contributed by atoms with Crippen molar-refractivity contribution in [2.75, 3.05) is 26.7 Å². The fourth-order valence-electron chi connectivity index (χ4n) is 2.44. The normalized spacial score (nSPS) is 19.9. The number of carbonyl (C=O) groups excluding carboxylic acids is 2. The maximum Gasteiger partial charge on any atom is 0.435 e. The highest BCUT2D eigenvalue weighted by Gasteiger charge is 2.35. The second-order valence-corrected chi connectivity index (χ2v) is 5.56. The Morgan fingerprint density at radius 3 is 2.57 bits per heavy atom. The van der Waals surface area contributed by atoms with Gasteiger partial charge in [0.1, 0.15) is 12.6 Å². The zero-order valence-corrected chi connectivity index (χ0v) is 12.8. The van der Waals surface area contributed by atoms with Crippen molar-refractivity contribution in [2.24, 2.45) is 5.73 Å². The number of aryl methyl sites for hydroxylation is 1. The number of likely N-dealkylation sites (N-methyl/N-ethyl adjacent to an activating group) is 1. The van der Waals surface area contributed by atoms with E-state index in [-0.39, 0.29) is 18.8 Å². The standard InChI is InChI=1S/C13H18F3N5O2/c1-8-5-10(13(14,15)16)18-21(8)7-11(22)20-4-3-19(2)9(6-20)12(17)23/h5,9H,3-4,6-7H2,1-2H3,(H2,17,23)/t9-/m0/s1. The molecule has 1 aliphatic rings. The first kappa shape index (κ1) is 17.3. The quantitative estimate of drug-likeness (QED) is 0.833. The highest BCUT2D eigenvalue weighted by molar-refractivity contribution is 5.82. The average molecular weight is 333 g/mol. The molecule has 2 N–H and O–H groups in total. The van der Waals surface area contributed by atoms with E-state index in [1.807, 2.05) is 0 Å². The van der Waals surface area contributed by atoms with Gasteiger partial charge in [-0.3, -0.25) is 19.2 Å². The van der Waals surface area contributed by atoms with Crippen LogP contribution in [0.2, 0.25) is 0 Å². The second kappa shape index (κ2) is 6.19. The van der Waals surface area contributed by atoms with Gasteiger partial charge in [-0.05, 0) is 20.0 Å². The minimum atomic E-state index is -4.55. The second-order valence-electron chi connectivity index (χ2n) is 5.56. The summed E-state index contributed by atoms with van der Waals surface area (Å²) in [6.45, 7) is 2.11. The lowest BCUT2D eigenvalue weighted by Crippen LogP contribution is -2.58. The van der Waals surface area contributed by atoms with Crippen molar-refractivity contribution < 1.29 is 22.8 Å². The average Bonchev–Trinajstić information content (AvgIpc) is 2.80. The summed E-state index contributed by atoms with van der Waals surface area (Å²) in [5.74, 6) is -0.941. The summed E-state index contributed by atoms with van der Waals surface area (Å²) in [4.78, 5) is 26.8. The Morgan fingerprint density at radius 1 is 1.39 bits per heavy atom. The molecule has 2 rings (SSSR count). The van der Waals surface area contributed by atoms with Crippen molar-refractivity contribution in [2.45, 2.75) is 25.7 Å². The van der Waals surface area contributed by atoms with Gasteiger partial charge in [0, 0.05) is 25.3 Å². The number of alkyl halides is 3. The molecule has 1 aliphatic heterocycles. The molecule has 0 spiro atoms. The maximum atomic E-state index is 12.6. The molecule has 1 atom stereocenters. The van der Waals surface area contributed by atoms with E-state index < -0.39 is 29.7 Å². The van der Waals surface area contributed by atoms with Crippen LogP contribution in [0.1, 0.15) is 11.4 Å². The summed E-state index contributed by atoms with van der Waals surface area (Å²) in [6, 6.07) is 0.292. The third kappa shape index (κ3) is 3.81. The van der Waals surface area contributed by atoms with Crippen molar-refractivity contribution in [3.05, 3.63) is 17.5 Å². The summed E-state index contributed by atoms with van der Waals surface area (Å²) < 4.78 is 38.9. The van der Waals surface area contributed by atoms with Crippen LogP contribution in [0.4, 0.5) is 13.2 Å². The highest BCUT2D eigenvalue weighted by atomic mass is 19.4. The molecule has 2 amide bonds. The molecule has 0 aromatic carbocycles. The van der Waals surface area contributed by atoms with Gasteiger partial charge in [-0.25, -0.2) is 0 Å². The van der Waals surface area contributed by atoms with Gasteiger partial charge in [-0.2, -0.15) is 18.3 Å². The first-order valence-corrected chi connectivity index (χ1v) is 6.98. The predicted molar refractivity (Wildman–Crippen MR) is 74.2 cm³/mol. The Hall–Kier alpha value is -2.10. The van der Waals surface area contributed by atoms with E-state index in [9.17, 15) is 22.8 Å². The van der Waals surface area contributed by atoms with E-state index in [0.29, 0.717) is 13.1 Å². The minimum absolute atomic E-state index is 0.122. The summed E-state index contributed by atoms with van der Waals surface area (Å²) in [5.41, 5.74) is 4.50. The van der Waals surface area contributed by atoms with E-state index in [1.54, 1.807) is 11.9 Å². The van der Waals surface area contributed by atoms with E-state index in [2.05, 4.69) is 5.10 Å². The van der Waals surface area contributed by atoms with Crippen LogP contribution < -0.4 is 5.73 Å². The Bertz CT molecular complexity index is 613. The fourth-order valence-corrected chi connectivity index (χ4v) is 2.44. The van der Waals surface area contributed by atoms with Gasteiger partial charge in [0.2, 0.25) is 11.8 Å². The van der Waals surface area contributed by atoms with E-state index in [4.69, 9.17) is 5.73 Å². The van der Waals surface area contributed by atoms with Gasteiger partial charge in [-0.1, -0.05) is 0 Å². The molecule has 0 bridgehead atoms. The van der Waals surface area contributed by atoms with Crippen molar-refractivity contribution in [3.63, 3.8) is 0 Å². The number of hydrogen-bond acceptors (Lipinski definition) is 4. The van der Waals surface area contributed by atoms with Crippen molar-refractivity contribution in [3.8, 4) is 0 Å². The zero-order chi connectivity index (χ0) is 17.4. The third-order valence-electron chi connectivity index (χ3n) is 3.89. The minimum Gasteiger partial charge on any atom is -0.368 e. The molecule has 0 aliphatic carbocycles. The Morgan fingerprint density at radius 2 is 2.04 bits per heavy atom. The first-order valence-electron chi connectivity index (χ1n) is 6.98. The molecule has 0 unspecified atom stereocenters. The molecule has 1 aromatic rings. The van der Waals surface area contributed by atoms with Gasteiger partial charge in [-0.15, -0.1) is 0 Å². The molecule has 1 saturated heterocycles. The van der Waals surface area contributed by atoms with E-state index in [1.165, 1.54) is 11.8 Å². The number of amides is 2. The largest absolute Gasteiger partial charge is 0.435 e. The molecular weight excluding hydrogens is 315 g/mol. The van der Waals surface area contributed by atoms with Gasteiger partial charge < -0.3 is 10.6 Å². The molecule has 0 saturated carbocycles. The SMILES string of the molecule is Cc1cc(C(F)(F)F)nn1CC(=O)N1CCN(C)[C@H](C(N)=O)C1. The van der Waals surface area contributed by atoms with Crippen LogP contribution in [0.5, 0.6) is 0 Å². The number of carbonyl (C=O) groups is 2. The molecule has 7 nitrogen and oxygen atoms in total. The van der Waals surface area contributed by atoms with Crippen LogP contribution in [-0.4, -0.2) is 64.1 Å². The van der Waals surface area contributed by atoms with Crippen LogP contribution in [0.3, 0.4) is 0 Å². The van der Waals surface area contributed by atoms with Crippen LogP contribution in [0.15, 0.2) is 6.07 Å². The smallest absolute Gasteiger partial charge is 0.368 e. The topological polar surface area (TPSA) is 84.5 Å². The van der Waals surface area contributed by atoms with Crippen molar-refractivity contribution >= 4 is 11.8 Å². The number of halogens is 3.